The zero-order valence-electron chi connectivity index (χ0n) is 10.1. The SMILES string of the molecule is CC(C)N(CC1CCNC1)c1ccncn1. The molecule has 0 aromatic carbocycles. The first-order chi connectivity index (χ1) is 7.77. The molecule has 2 heterocycles. The van der Waals surface area contributed by atoms with Gasteiger partial charge in [0, 0.05) is 18.8 Å². The number of aromatic nitrogens is 2. The van der Waals surface area contributed by atoms with Crippen molar-refractivity contribution in [1.82, 2.24) is 15.3 Å². The van der Waals surface area contributed by atoms with Crippen molar-refractivity contribution in [3.63, 3.8) is 0 Å². The van der Waals surface area contributed by atoms with E-state index in [0.717, 1.165) is 31.4 Å². The van der Waals surface area contributed by atoms with Gasteiger partial charge in [-0.25, -0.2) is 9.97 Å². The number of nitrogens with zero attached hydrogens (tertiary/aromatic N) is 3. The molecular formula is C12H20N4. The Morgan fingerprint density at radius 1 is 1.56 bits per heavy atom. The minimum Gasteiger partial charge on any atom is -0.354 e. The van der Waals surface area contributed by atoms with Crippen LogP contribution in [0.5, 0.6) is 0 Å². The molecule has 0 bridgehead atoms. The highest BCUT2D eigenvalue weighted by Crippen LogP contribution is 2.17. The monoisotopic (exact) mass is 220 g/mol. The van der Waals surface area contributed by atoms with Gasteiger partial charge in [-0.3, -0.25) is 0 Å². The summed E-state index contributed by atoms with van der Waals surface area (Å²) < 4.78 is 0. The number of nitrogens with one attached hydrogen (secondary N) is 1. The van der Waals surface area contributed by atoms with E-state index in [-0.39, 0.29) is 0 Å². The first-order valence-corrected chi connectivity index (χ1v) is 6.00. The maximum atomic E-state index is 4.34. The van der Waals surface area contributed by atoms with Crippen molar-refractivity contribution in [2.45, 2.75) is 26.3 Å². The molecule has 1 atom stereocenters. The van der Waals surface area contributed by atoms with E-state index in [4.69, 9.17) is 0 Å². The Bertz CT molecular complexity index is 306. The molecule has 0 radical (unpaired) electrons. The third-order valence-corrected chi connectivity index (χ3v) is 3.10. The zero-order chi connectivity index (χ0) is 11.4. The van der Waals surface area contributed by atoms with Gasteiger partial charge in [-0.05, 0) is 45.3 Å². The van der Waals surface area contributed by atoms with Crippen LogP contribution in [-0.2, 0) is 0 Å². The molecule has 4 heteroatoms. The fourth-order valence-corrected chi connectivity index (χ4v) is 2.17. The van der Waals surface area contributed by atoms with Gasteiger partial charge in [0.1, 0.15) is 12.1 Å². The van der Waals surface area contributed by atoms with Crippen molar-refractivity contribution in [1.29, 1.82) is 0 Å². The van der Waals surface area contributed by atoms with Gasteiger partial charge in [-0.1, -0.05) is 0 Å². The summed E-state index contributed by atoms with van der Waals surface area (Å²) in [4.78, 5) is 10.7. The minimum atomic E-state index is 0.482. The van der Waals surface area contributed by atoms with Gasteiger partial charge in [0.05, 0.1) is 0 Å². The van der Waals surface area contributed by atoms with Gasteiger partial charge in [0.2, 0.25) is 0 Å². The molecule has 88 valence electrons. The second kappa shape index (κ2) is 5.25. The van der Waals surface area contributed by atoms with Crippen LogP contribution >= 0.6 is 0 Å². The summed E-state index contributed by atoms with van der Waals surface area (Å²) in [5.41, 5.74) is 0. The van der Waals surface area contributed by atoms with E-state index in [9.17, 15) is 0 Å². The molecule has 1 aliphatic rings. The minimum absolute atomic E-state index is 0.482. The van der Waals surface area contributed by atoms with Gasteiger partial charge >= 0.3 is 0 Å². The van der Waals surface area contributed by atoms with Crippen molar-refractivity contribution in [3.05, 3.63) is 18.6 Å². The lowest BCUT2D eigenvalue weighted by molar-refractivity contribution is 0.528. The first kappa shape index (κ1) is 11.3. The summed E-state index contributed by atoms with van der Waals surface area (Å²) in [6.07, 6.45) is 4.70. The molecular weight excluding hydrogens is 200 g/mol. The summed E-state index contributed by atoms with van der Waals surface area (Å²) >= 11 is 0. The second-order valence-electron chi connectivity index (χ2n) is 4.67. The number of rotatable bonds is 4. The van der Waals surface area contributed by atoms with Crippen molar-refractivity contribution in [2.24, 2.45) is 5.92 Å². The van der Waals surface area contributed by atoms with E-state index in [1.165, 1.54) is 6.42 Å². The standard InChI is InChI=1S/C12H20N4/c1-10(2)16(8-11-3-5-13-7-11)12-4-6-14-9-15-12/h4,6,9-11,13H,3,5,7-8H2,1-2H3. The van der Waals surface area contributed by atoms with E-state index in [1.54, 1.807) is 6.33 Å². The first-order valence-electron chi connectivity index (χ1n) is 6.00. The van der Waals surface area contributed by atoms with Crippen LogP contribution in [0, 0.1) is 5.92 Å². The maximum Gasteiger partial charge on any atom is 0.132 e. The summed E-state index contributed by atoms with van der Waals surface area (Å²) in [6.45, 7) is 7.80. The van der Waals surface area contributed by atoms with Crippen molar-refractivity contribution >= 4 is 5.82 Å². The van der Waals surface area contributed by atoms with Gasteiger partial charge < -0.3 is 10.2 Å². The van der Waals surface area contributed by atoms with E-state index in [1.807, 2.05) is 12.3 Å². The van der Waals surface area contributed by atoms with Crippen molar-refractivity contribution < 1.29 is 0 Å². The number of anilines is 1. The van der Waals surface area contributed by atoms with Gasteiger partial charge in [0.15, 0.2) is 0 Å². The van der Waals surface area contributed by atoms with Crippen LogP contribution in [0.25, 0.3) is 0 Å². The molecule has 1 N–H and O–H groups in total. The molecule has 1 fully saturated rings. The molecule has 1 unspecified atom stereocenters. The Morgan fingerprint density at radius 3 is 3.00 bits per heavy atom. The predicted molar refractivity (Wildman–Crippen MR) is 65.5 cm³/mol. The zero-order valence-corrected chi connectivity index (χ0v) is 10.1. The molecule has 0 spiro atoms. The molecule has 1 aromatic rings. The lowest BCUT2D eigenvalue weighted by Gasteiger charge is -2.30. The molecule has 0 aliphatic carbocycles. The summed E-state index contributed by atoms with van der Waals surface area (Å²) in [7, 11) is 0. The van der Waals surface area contributed by atoms with Gasteiger partial charge in [0.25, 0.3) is 0 Å². The summed E-state index contributed by atoms with van der Waals surface area (Å²) in [5.74, 6) is 1.79. The molecule has 4 nitrogen and oxygen atoms in total. The largest absolute Gasteiger partial charge is 0.354 e. The van der Waals surface area contributed by atoms with Crippen LogP contribution in [0.15, 0.2) is 18.6 Å². The Hall–Kier alpha value is -1.16. The average molecular weight is 220 g/mol. The van der Waals surface area contributed by atoms with Crippen molar-refractivity contribution in [3.8, 4) is 0 Å². The summed E-state index contributed by atoms with van der Waals surface area (Å²) in [6, 6.07) is 2.47. The lowest BCUT2D eigenvalue weighted by atomic mass is 10.1. The smallest absolute Gasteiger partial charge is 0.132 e. The van der Waals surface area contributed by atoms with Crippen LogP contribution in [0.3, 0.4) is 0 Å². The normalized spacial score (nSPS) is 20.3. The quantitative estimate of drug-likeness (QED) is 0.830. The maximum absolute atomic E-state index is 4.34. The summed E-state index contributed by atoms with van der Waals surface area (Å²) in [5, 5.41) is 3.41. The van der Waals surface area contributed by atoms with Crippen molar-refractivity contribution in [2.75, 3.05) is 24.5 Å². The third kappa shape index (κ3) is 2.70. The highest BCUT2D eigenvalue weighted by molar-refractivity contribution is 5.37. The molecule has 1 aliphatic heterocycles. The fraction of sp³-hybridized carbons (Fsp3) is 0.667. The van der Waals surface area contributed by atoms with E-state index < -0.39 is 0 Å². The van der Waals surface area contributed by atoms with Crippen LogP contribution in [0.2, 0.25) is 0 Å². The molecule has 1 aromatic heterocycles. The van der Waals surface area contributed by atoms with Crippen LogP contribution in [0.4, 0.5) is 5.82 Å². The van der Waals surface area contributed by atoms with Crippen LogP contribution < -0.4 is 10.2 Å². The van der Waals surface area contributed by atoms with Gasteiger partial charge in [-0.15, -0.1) is 0 Å². The Kier molecular flexibility index (Phi) is 3.72. The molecule has 0 saturated carbocycles. The number of hydrogen-bond acceptors (Lipinski definition) is 4. The lowest BCUT2D eigenvalue weighted by Crippen LogP contribution is -2.36. The Morgan fingerprint density at radius 2 is 2.44 bits per heavy atom. The van der Waals surface area contributed by atoms with Crippen LogP contribution in [-0.4, -0.2) is 35.6 Å². The Labute approximate surface area is 97.1 Å². The van der Waals surface area contributed by atoms with E-state index in [0.29, 0.717) is 6.04 Å². The highest BCUT2D eigenvalue weighted by Gasteiger charge is 2.20. The van der Waals surface area contributed by atoms with E-state index >= 15 is 0 Å². The molecule has 1 saturated heterocycles. The average Bonchev–Trinajstić information content (AvgIpc) is 2.79. The van der Waals surface area contributed by atoms with E-state index in [2.05, 4.69) is 34.0 Å². The highest BCUT2D eigenvalue weighted by atomic mass is 15.2. The molecule has 16 heavy (non-hydrogen) atoms. The van der Waals surface area contributed by atoms with Gasteiger partial charge in [-0.2, -0.15) is 0 Å². The Balaban J connectivity index is 2.05. The number of hydrogen-bond donors (Lipinski definition) is 1. The van der Waals surface area contributed by atoms with Crippen LogP contribution in [0.1, 0.15) is 20.3 Å². The molecule has 2 rings (SSSR count). The second-order valence-corrected chi connectivity index (χ2v) is 4.67. The topological polar surface area (TPSA) is 41.0 Å². The third-order valence-electron chi connectivity index (χ3n) is 3.10. The molecule has 0 amide bonds. The predicted octanol–water partition coefficient (Wildman–Crippen LogP) is 1.30. The fourth-order valence-electron chi connectivity index (χ4n) is 2.17.